The number of piperazine rings is 1. The SMILES string of the molecule is CCN1CCN(C(C#N)c2cccc(Br)c2)CC1C. The molecule has 1 heterocycles. The fourth-order valence-corrected chi connectivity index (χ4v) is 3.19. The van der Waals surface area contributed by atoms with Crippen molar-refractivity contribution in [3.8, 4) is 6.07 Å². The molecule has 1 aliphatic rings. The summed E-state index contributed by atoms with van der Waals surface area (Å²) in [5.74, 6) is 0. The molecule has 0 spiro atoms. The molecule has 0 saturated carbocycles. The van der Waals surface area contributed by atoms with Crippen molar-refractivity contribution in [1.29, 1.82) is 5.26 Å². The van der Waals surface area contributed by atoms with E-state index in [9.17, 15) is 5.26 Å². The van der Waals surface area contributed by atoms with Crippen molar-refractivity contribution in [2.24, 2.45) is 0 Å². The Hall–Kier alpha value is -0.890. The maximum absolute atomic E-state index is 9.51. The van der Waals surface area contributed by atoms with Crippen molar-refractivity contribution < 1.29 is 0 Å². The van der Waals surface area contributed by atoms with E-state index < -0.39 is 0 Å². The van der Waals surface area contributed by atoms with Gasteiger partial charge < -0.3 is 0 Å². The maximum Gasteiger partial charge on any atom is 0.123 e. The number of hydrogen-bond donors (Lipinski definition) is 0. The monoisotopic (exact) mass is 321 g/mol. The lowest BCUT2D eigenvalue weighted by Crippen LogP contribution is -2.52. The van der Waals surface area contributed by atoms with Gasteiger partial charge in [-0.15, -0.1) is 0 Å². The summed E-state index contributed by atoms with van der Waals surface area (Å²) < 4.78 is 1.03. The smallest absolute Gasteiger partial charge is 0.123 e. The highest BCUT2D eigenvalue weighted by Gasteiger charge is 2.28. The largest absolute Gasteiger partial charge is 0.298 e. The first-order valence-electron chi connectivity index (χ1n) is 6.79. The van der Waals surface area contributed by atoms with E-state index >= 15 is 0 Å². The average Bonchev–Trinajstić information content (AvgIpc) is 2.40. The zero-order chi connectivity index (χ0) is 13.8. The van der Waals surface area contributed by atoms with Crippen LogP contribution in [0, 0.1) is 11.3 Å². The first-order valence-corrected chi connectivity index (χ1v) is 7.58. The Kier molecular flexibility index (Phi) is 4.98. The van der Waals surface area contributed by atoms with E-state index in [-0.39, 0.29) is 6.04 Å². The molecule has 0 N–H and O–H groups in total. The number of nitrogens with zero attached hydrogens (tertiary/aromatic N) is 3. The molecule has 0 bridgehead atoms. The second kappa shape index (κ2) is 6.51. The third-order valence-electron chi connectivity index (χ3n) is 3.85. The van der Waals surface area contributed by atoms with Crippen molar-refractivity contribution in [3.05, 3.63) is 34.3 Å². The van der Waals surface area contributed by atoms with Crippen molar-refractivity contribution >= 4 is 15.9 Å². The van der Waals surface area contributed by atoms with E-state index in [2.05, 4.69) is 45.6 Å². The number of benzene rings is 1. The lowest BCUT2D eigenvalue weighted by Gasteiger charge is -2.41. The molecule has 1 aromatic carbocycles. The normalized spacial score (nSPS) is 22.9. The molecule has 2 unspecified atom stereocenters. The highest BCUT2D eigenvalue weighted by molar-refractivity contribution is 9.10. The fourth-order valence-electron chi connectivity index (χ4n) is 2.77. The van der Waals surface area contributed by atoms with Crippen LogP contribution in [0.15, 0.2) is 28.7 Å². The highest BCUT2D eigenvalue weighted by atomic mass is 79.9. The Morgan fingerprint density at radius 2 is 2.26 bits per heavy atom. The Morgan fingerprint density at radius 1 is 1.47 bits per heavy atom. The molecule has 1 saturated heterocycles. The van der Waals surface area contributed by atoms with Crippen LogP contribution in [0.4, 0.5) is 0 Å². The Balaban J connectivity index is 2.14. The molecule has 19 heavy (non-hydrogen) atoms. The summed E-state index contributed by atoms with van der Waals surface area (Å²) in [5.41, 5.74) is 1.08. The second-order valence-corrected chi connectivity index (χ2v) is 5.97. The van der Waals surface area contributed by atoms with E-state index in [1.54, 1.807) is 0 Å². The molecule has 1 aromatic rings. The Labute approximate surface area is 123 Å². The van der Waals surface area contributed by atoms with Gasteiger partial charge >= 0.3 is 0 Å². The topological polar surface area (TPSA) is 30.3 Å². The van der Waals surface area contributed by atoms with Crippen LogP contribution in [0.25, 0.3) is 0 Å². The van der Waals surface area contributed by atoms with Gasteiger partial charge in [0, 0.05) is 30.1 Å². The predicted molar refractivity (Wildman–Crippen MR) is 80.8 cm³/mol. The van der Waals surface area contributed by atoms with Gasteiger partial charge in [-0.3, -0.25) is 9.80 Å². The van der Waals surface area contributed by atoms with Gasteiger partial charge in [0.05, 0.1) is 6.07 Å². The summed E-state index contributed by atoms with van der Waals surface area (Å²) in [6, 6.07) is 10.9. The summed E-state index contributed by atoms with van der Waals surface area (Å²) >= 11 is 3.48. The second-order valence-electron chi connectivity index (χ2n) is 5.06. The van der Waals surface area contributed by atoms with Crippen LogP contribution < -0.4 is 0 Å². The van der Waals surface area contributed by atoms with E-state index in [4.69, 9.17) is 0 Å². The molecular weight excluding hydrogens is 302 g/mol. The molecule has 2 atom stereocenters. The lowest BCUT2D eigenvalue weighted by molar-refractivity contribution is 0.0730. The molecule has 2 rings (SSSR count). The molecule has 4 heteroatoms. The summed E-state index contributed by atoms with van der Waals surface area (Å²) in [7, 11) is 0. The first-order chi connectivity index (χ1) is 9.15. The van der Waals surface area contributed by atoms with Crippen molar-refractivity contribution in [2.75, 3.05) is 26.2 Å². The number of nitriles is 1. The number of hydrogen-bond acceptors (Lipinski definition) is 3. The molecule has 0 amide bonds. The fraction of sp³-hybridized carbons (Fsp3) is 0.533. The van der Waals surface area contributed by atoms with Gasteiger partial charge in [0.25, 0.3) is 0 Å². The van der Waals surface area contributed by atoms with Crippen molar-refractivity contribution in [1.82, 2.24) is 9.80 Å². The van der Waals surface area contributed by atoms with E-state index in [0.29, 0.717) is 6.04 Å². The van der Waals surface area contributed by atoms with Crippen LogP contribution in [-0.4, -0.2) is 42.0 Å². The number of halogens is 1. The minimum atomic E-state index is -0.140. The number of likely N-dealkylation sites (N-methyl/N-ethyl adjacent to an activating group) is 1. The van der Waals surface area contributed by atoms with Gasteiger partial charge in [0.2, 0.25) is 0 Å². The molecule has 0 aromatic heterocycles. The minimum absolute atomic E-state index is 0.140. The molecule has 1 aliphatic heterocycles. The molecule has 102 valence electrons. The molecule has 1 fully saturated rings. The van der Waals surface area contributed by atoms with Crippen LogP contribution in [-0.2, 0) is 0 Å². The third-order valence-corrected chi connectivity index (χ3v) is 4.35. The molecule has 3 nitrogen and oxygen atoms in total. The first kappa shape index (κ1) is 14.5. The molecule has 0 radical (unpaired) electrons. The van der Waals surface area contributed by atoms with E-state index in [0.717, 1.165) is 36.2 Å². The standard InChI is InChI=1S/C15H20BrN3/c1-3-18-7-8-19(11-12(18)2)15(10-17)13-5-4-6-14(16)9-13/h4-6,9,12,15H,3,7-8,11H2,1-2H3. The Morgan fingerprint density at radius 3 is 2.84 bits per heavy atom. The van der Waals surface area contributed by atoms with Gasteiger partial charge in [0.15, 0.2) is 0 Å². The van der Waals surface area contributed by atoms with Crippen molar-refractivity contribution in [3.63, 3.8) is 0 Å². The van der Waals surface area contributed by atoms with Gasteiger partial charge in [-0.2, -0.15) is 5.26 Å². The van der Waals surface area contributed by atoms with Crippen LogP contribution in [0.5, 0.6) is 0 Å². The van der Waals surface area contributed by atoms with Gasteiger partial charge in [0.1, 0.15) is 6.04 Å². The van der Waals surface area contributed by atoms with Crippen LogP contribution in [0.1, 0.15) is 25.5 Å². The predicted octanol–water partition coefficient (Wildman–Crippen LogP) is 3.04. The van der Waals surface area contributed by atoms with E-state index in [1.165, 1.54) is 0 Å². The molecule has 0 aliphatic carbocycles. The zero-order valence-electron chi connectivity index (χ0n) is 11.5. The summed E-state index contributed by atoms with van der Waals surface area (Å²) in [6.07, 6.45) is 0. The summed E-state index contributed by atoms with van der Waals surface area (Å²) in [6.45, 7) is 8.49. The van der Waals surface area contributed by atoms with Crippen LogP contribution >= 0.6 is 15.9 Å². The van der Waals surface area contributed by atoms with E-state index in [1.807, 2.05) is 24.3 Å². The zero-order valence-corrected chi connectivity index (χ0v) is 13.1. The van der Waals surface area contributed by atoms with Crippen LogP contribution in [0.2, 0.25) is 0 Å². The number of rotatable bonds is 3. The van der Waals surface area contributed by atoms with Gasteiger partial charge in [-0.25, -0.2) is 0 Å². The average molecular weight is 322 g/mol. The summed E-state index contributed by atoms with van der Waals surface area (Å²) in [4.78, 5) is 4.75. The lowest BCUT2D eigenvalue weighted by atomic mass is 10.0. The Bertz CT molecular complexity index is 469. The van der Waals surface area contributed by atoms with Crippen LogP contribution in [0.3, 0.4) is 0 Å². The highest BCUT2D eigenvalue weighted by Crippen LogP contribution is 2.25. The minimum Gasteiger partial charge on any atom is -0.298 e. The summed E-state index contributed by atoms with van der Waals surface area (Å²) in [5, 5.41) is 9.51. The van der Waals surface area contributed by atoms with Gasteiger partial charge in [-0.1, -0.05) is 35.0 Å². The quantitative estimate of drug-likeness (QED) is 0.857. The third kappa shape index (κ3) is 3.36. The van der Waals surface area contributed by atoms with Crippen molar-refractivity contribution in [2.45, 2.75) is 25.9 Å². The maximum atomic E-state index is 9.51. The molecular formula is C15H20BrN3. The van der Waals surface area contributed by atoms with Gasteiger partial charge in [-0.05, 0) is 31.2 Å².